The molecule has 2 N–H and O–H groups in total. The van der Waals surface area contributed by atoms with Crippen molar-refractivity contribution in [3.05, 3.63) is 94.2 Å². The van der Waals surface area contributed by atoms with Crippen LogP contribution >= 0.6 is 23.2 Å². The molecule has 0 fully saturated rings. The molecule has 0 saturated heterocycles. The Bertz CT molecular complexity index is 1060. The molecule has 160 valence electrons. The summed E-state index contributed by atoms with van der Waals surface area (Å²) in [4.78, 5) is 26.6. The molecule has 5 nitrogen and oxygen atoms in total. The zero-order valence-electron chi connectivity index (χ0n) is 16.4. The number of nitrogens with zero attached hydrogens (tertiary/aromatic N) is 1. The van der Waals surface area contributed by atoms with Crippen molar-refractivity contribution in [2.24, 2.45) is 0 Å². The quantitative estimate of drug-likeness (QED) is 0.426. The molecule has 8 heteroatoms. The lowest BCUT2D eigenvalue weighted by molar-refractivity contribution is 0.0953. The maximum atomic E-state index is 13.3. The fourth-order valence-electron chi connectivity index (χ4n) is 2.91. The third-order valence-electron chi connectivity index (χ3n) is 4.42. The van der Waals surface area contributed by atoms with Gasteiger partial charge in [0.2, 0.25) is 0 Å². The third-order valence-corrected chi connectivity index (χ3v) is 4.99. The number of carbonyl (C=O) groups is 2. The number of amides is 3. The largest absolute Gasteiger partial charge is 0.352 e. The standard InChI is InChI=1S/C23H20Cl2FN3O2/c24-16-5-3-6-18(15-16)28-23(31)29(19-11-9-17(26)10-12-19)14-4-13-27-22(30)20-7-1-2-8-21(20)25/h1-3,5-12,15H,4,13-14H2,(H,27,30)(H,28,31). The third kappa shape index (κ3) is 6.44. The van der Waals surface area contributed by atoms with Crippen LogP contribution in [0.2, 0.25) is 10.0 Å². The van der Waals surface area contributed by atoms with Crippen LogP contribution in [-0.2, 0) is 0 Å². The average molecular weight is 460 g/mol. The first kappa shape index (κ1) is 22.6. The molecule has 0 radical (unpaired) electrons. The van der Waals surface area contributed by atoms with Crippen molar-refractivity contribution in [3.8, 4) is 0 Å². The van der Waals surface area contributed by atoms with E-state index in [1.54, 1.807) is 48.5 Å². The summed E-state index contributed by atoms with van der Waals surface area (Å²) >= 11 is 12.0. The van der Waals surface area contributed by atoms with Crippen LogP contribution in [0.3, 0.4) is 0 Å². The highest BCUT2D eigenvalue weighted by Crippen LogP contribution is 2.20. The van der Waals surface area contributed by atoms with E-state index in [4.69, 9.17) is 23.2 Å². The van der Waals surface area contributed by atoms with E-state index >= 15 is 0 Å². The van der Waals surface area contributed by atoms with Gasteiger partial charge in [-0.15, -0.1) is 0 Å². The predicted octanol–water partition coefficient (Wildman–Crippen LogP) is 5.99. The Kier molecular flexibility index (Phi) is 7.87. The van der Waals surface area contributed by atoms with Crippen molar-refractivity contribution < 1.29 is 14.0 Å². The van der Waals surface area contributed by atoms with Crippen molar-refractivity contribution in [1.82, 2.24) is 5.32 Å². The van der Waals surface area contributed by atoms with Gasteiger partial charge in [0, 0.05) is 29.5 Å². The van der Waals surface area contributed by atoms with Gasteiger partial charge in [-0.25, -0.2) is 9.18 Å². The Morgan fingerprint density at radius 1 is 0.935 bits per heavy atom. The van der Waals surface area contributed by atoms with Crippen LogP contribution in [0.5, 0.6) is 0 Å². The molecule has 0 heterocycles. The maximum absolute atomic E-state index is 13.3. The molecule has 0 atom stereocenters. The Balaban J connectivity index is 1.64. The number of benzene rings is 3. The van der Waals surface area contributed by atoms with E-state index in [0.29, 0.717) is 46.5 Å². The van der Waals surface area contributed by atoms with Crippen molar-refractivity contribution in [1.29, 1.82) is 0 Å². The Hall–Kier alpha value is -3.09. The van der Waals surface area contributed by atoms with Gasteiger partial charge in [0.15, 0.2) is 0 Å². The number of nitrogens with one attached hydrogen (secondary N) is 2. The average Bonchev–Trinajstić information content (AvgIpc) is 2.75. The maximum Gasteiger partial charge on any atom is 0.326 e. The van der Waals surface area contributed by atoms with Gasteiger partial charge in [-0.2, -0.15) is 0 Å². The Morgan fingerprint density at radius 3 is 2.39 bits per heavy atom. The van der Waals surface area contributed by atoms with Crippen molar-refractivity contribution in [2.45, 2.75) is 6.42 Å². The van der Waals surface area contributed by atoms with E-state index in [9.17, 15) is 14.0 Å². The predicted molar refractivity (Wildman–Crippen MR) is 123 cm³/mol. The first-order chi connectivity index (χ1) is 14.9. The summed E-state index contributed by atoms with van der Waals surface area (Å²) in [7, 11) is 0. The normalized spacial score (nSPS) is 10.4. The fraction of sp³-hybridized carbons (Fsp3) is 0.130. The van der Waals surface area contributed by atoms with Crippen molar-refractivity contribution in [2.75, 3.05) is 23.3 Å². The summed E-state index contributed by atoms with van der Waals surface area (Å²) < 4.78 is 13.3. The molecule has 3 rings (SSSR count). The summed E-state index contributed by atoms with van der Waals surface area (Å²) in [5.41, 5.74) is 1.45. The van der Waals surface area contributed by atoms with E-state index in [1.165, 1.54) is 29.2 Å². The smallest absolute Gasteiger partial charge is 0.326 e. The second-order valence-electron chi connectivity index (χ2n) is 6.66. The van der Waals surface area contributed by atoms with Crippen LogP contribution in [0.15, 0.2) is 72.8 Å². The second kappa shape index (κ2) is 10.8. The van der Waals surface area contributed by atoms with Gasteiger partial charge in [-0.1, -0.05) is 41.4 Å². The SMILES string of the molecule is O=C(NCCCN(C(=O)Nc1cccc(Cl)c1)c1ccc(F)cc1)c1ccccc1Cl. The van der Waals surface area contributed by atoms with Gasteiger partial charge in [0.05, 0.1) is 10.6 Å². The minimum atomic E-state index is -0.397. The number of hydrogen-bond acceptors (Lipinski definition) is 2. The lowest BCUT2D eigenvalue weighted by Gasteiger charge is -2.23. The van der Waals surface area contributed by atoms with Crippen LogP contribution in [-0.4, -0.2) is 25.0 Å². The number of halogens is 3. The second-order valence-corrected chi connectivity index (χ2v) is 7.50. The van der Waals surface area contributed by atoms with E-state index < -0.39 is 11.8 Å². The van der Waals surface area contributed by atoms with Gasteiger partial charge in [-0.3, -0.25) is 9.69 Å². The number of rotatable bonds is 7. The number of urea groups is 1. The molecule has 0 aromatic heterocycles. The summed E-state index contributed by atoms with van der Waals surface area (Å²) in [6.07, 6.45) is 0.469. The summed E-state index contributed by atoms with van der Waals surface area (Å²) in [5, 5.41) is 6.44. The molecule has 0 aliphatic rings. The zero-order chi connectivity index (χ0) is 22.2. The van der Waals surface area contributed by atoms with Gasteiger partial charge >= 0.3 is 6.03 Å². The first-order valence-corrected chi connectivity index (χ1v) is 10.3. The highest BCUT2D eigenvalue weighted by Gasteiger charge is 2.17. The fourth-order valence-corrected chi connectivity index (χ4v) is 3.32. The summed E-state index contributed by atoms with van der Waals surface area (Å²) in [5.74, 6) is -0.687. The van der Waals surface area contributed by atoms with Crippen LogP contribution in [0.4, 0.5) is 20.6 Å². The molecule has 0 bridgehead atoms. The van der Waals surface area contributed by atoms with E-state index in [-0.39, 0.29) is 5.91 Å². The van der Waals surface area contributed by atoms with Crippen LogP contribution in [0.25, 0.3) is 0 Å². The lowest BCUT2D eigenvalue weighted by Crippen LogP contribution is -2.37. The molecule has 31 heavy (non-hydrogen) atoms. The lowest BCUT2D eigenvalue weighted by atomic mass is 10.2. The molecule has 0 spiro atoms. The minimum absolute atomic E-state index is 0.290. The zero-order valence-corrected chi connectivity index (χ0v) is 18.0. The molecule has 0 saturated carbocycles. The van der Waals surface area contributed by atoms with Crippen LogP contribution in [0.1, 0.15) is 16.8 Å². The number of carbonyl (C=O) groups excluding carboxylic acids is 2. The van der Waals surface area contributed by atoms with E-state index in [1.807, 2.05) is 0 Å². The molecule has 3 aromatic carbocycles. The number of anilines is 2. The highest BCUT2D eigenvalue weighted by atomic mass is 35.5. The van der Waals surface area contributed by atoms with Crippen molar-refractivity contribution in [3.63, 3.8) is 0 Å². The summed E-state index contributed by atoms with van der Waals surface area (Å²) in [6, 6.07) is 18.8. The molecule has 3 amide bonds. The Labute approximate surface area is 189 Å². The molecule has 0 aliphatic heterocycles. The monoisotopic (exact) mass is 459 g/mol. The molecular formula is C23H20Cl2FN3O2. The first-order valence-electron chi connectivity index (χ1n) is 9.56. The van der Waals surface area contributed by atoms with Crippen LogP contribution < -0.4 is 15.5 Å². The number of hydrogen-bond donors (Lipinski definition) is 2. The Morgan fingerprint density at radius 2 is 1.68 bits per heavy atom. The van der Waals surface area contributed by atoms with Crippen molar-refractivity contribution >= 4 is 46.5 Å². The van der Waals surface area contributed by atoms with Gasteiger partial charge in [-0.05, 0) is 61.0 Å². The summed E-state index contributed by atoms with van der Waals surface area (Å²) in [6.45, 7) is 0.618. The van der Waals surface area contributed by atoms with E-state index in [2.05, 4.69) is 10.6 Å². The van der Waals surface area contributed by atoms with Gasteiger partial charge in [0.25, 0.3) is 5.91 Å². The molecule has 0 unspecified atom stereocenters. The van der Waals surface area contributed by atoms with E-state index in [0.717, 1.165) is 0 Å². The minimum Gasteiger partial charge on any atom is -0.352 e. The highest BCUT2D eigenvalue weighted by molar-refractivity contribution is 6.33. The van der Waals surface area contributed by atoms with Gasteiger partial charge in [0.1, 0.15) is 5.82 Å². The topological polar surface area (TPSA) is 61.4 Å². The molecule has 3 aromatic rings. The molecular weight excluding hydrogens is 440 g/mol. The molecule has 0 aliphatic carbocycles. The van der Waals surface area contributed by atoms with Crippen LogP contribution in [0, 0.1) is 5.82 Å². The van der Waals surface area contributed by atoms with Gasteiger partial charge < -0.3 is 10.6 Å².